The summed E-state index contributed by atoms with van der Waals surface area (Å²) < 4.78 is 41.1. The number of aryl methyl sites for hydroxylation is 1. The summed E-state index contributed by atoms with van der Waals surface area (Å²) in [5.41, 5.74) is 1.53. The molecule has 6 nitrogen and oxygen atoms in total. The summed E-state index contributed by atoms with van der Waals surface area (Å²) in [6.45, 7) is 3.53. The van der Waals surface area contributed by atoms with E-state index in [0.29, 0.717) is 62.7 Å². The Hall–Kier alpha value is -2.45. The predicted molar refractivity (Wildman–Crippen MR) is 123 cm³/mol. The monoisotopic (exact) mass is 459 g/mol. The average molecular weight is 460 g/mol. The van der Waals surface area contributed by atoms with E-state index in [1.165, 1.54) is 6.07 Å². The first-order valence-electron chi connectivity index (χ1n) is 11.3. The van der Waals surface area contributed by atoms with Gasteiger partial charge in [-0.3, -0.25) is 4.79 Å². The second kappa shape index (κ2) is 10.0. The van der Waals surface area contributed by atoms with Gasteiger partial charge in [-0.1, -0.05) is 30.7 Å². The number of sulfonamides is 1. The van der Waals surface area contributed by atoms with Crippen molar-refractivity contribution in [2.75, 3.05) is 44.2 Å². The number of carbonyl (C=O) groups is 1. The van der Waals surface area contributed by atoms with E-state index in [1.54, 1.807) is 40.7 Å². The highest BCUT2D eigenvalue weighted by molar-refractivity contribution is 7.89. The Morgan fingerprint density at radius 1 is 0.844 bits per heavy atom. The fraction of sp³-hybridized carbons (Fsp3) is 0.458. The number of halogens is 1. The van der Waals surface area contributed by atoms with E-state index in [1.807, 2.05) is 15.9 Å². The van der Waals surface area contributed by atoms with Gasteiger partial charge in [0.1, 0.15) is 5.82 Å². The van der Waals surface area contributed by atoms with Gasteiger partial charge in [0.25, 0.3) is 0 Å². The Morgan fingerprint density at radius 2 is 1.50 bits per heavy atom. The molecule has 2 aromatic rings. The number of benzene rings is 2. The van der Waals surface area contributed by atoms with Crippen LogP contribution in [-0.2, 0) is 21.2 Å². The lowest BCUT2D eigenvalue weighted by Gasteiger charge is -2.36. The first kappa shape index (κ1) is 22.7. The molecule has 8 heteroatoms. The SMILES string of the molecule is O=C(CCc1ccc(S(=O)(=O)N2CCCCC2)cc1)N1CCN(c2ccccc2F)CC1. The van der Waals surface area contributed by atoms with Gasteiger partial charge in [0.05, 0.1) is 10.6 Å². The van der Waals surface area contributed by atoms with Crippen LogP contribution in [0.4, 0.5) is 10.1 Å². The lowest BCUT2D eigenvalue weighted by Crippen LogP contribution is -2.49. The number of para-hydroxylation sites is 1. The zero-order valence-electron chi connectivity index (χ0n) is 18.2. The van der Waals surface area contributed by atoms with Crippen molar-refractivity contribution in [3.8, 4) is 0 Å². The van der Waals surface area contributed by atoms with Crippen LogP contribution in [0.25, 0.3) is 0 Å². The van der Waals surface area contributed by atoms with Gasteiger partial charge < -0.3 is 9.80 Å². The van der Waals surface area contributed by atoms with Gasteiger partial charge in [0.2, 0.25) is 15.9 Å². The third-order valence-electron chi connectivity index (χ3n) is 6.33. The van der Waals surface area contributed by atoms with Crippen LogP contribution in [0.1, 0.15) is 31.2 Å². The normalized spacial score (nSPS) is 18.0. The minimum atomic E-state index is -3.43. The molecule has 0 aromatic heterocycles. The van der Waals surface area contributed by atoms with Crippen LogP contribution in [-0.4, -0.2) is 62.8 Å². The zero-order chi connectivity index (χ0) is 22.6. The standard InChI is InChI=1S/C24H30FN3O3S/c25-22-6-2-3-7-23(22)26-16-18-27(19-17-26)24(29)13-10-20-8-11-21(12-9-20)32(30,31)28-14-4-1-5-15-28/h2-3,6-9,11-12H,1,4-5,10,13-19H2. The number of nitrogens with zero attached hydrogens (tertiary/aromatic N) is 3. The number of amides is 1. The summed E-state index contributed by atoms with van der Waals surface area (Å²) in [4.78, 5) is 16.8. The molecule has 172 valence electrons. The Morgan fingerprint density at radius 3 is 2.16 bits per heavy atom. The first-order chi connectivity index (χ1) is 15.4. The van der Waals surface area contributed by atoms with E-state index in [4.69, 9.17) is 0 Å². The van der Waals surface area contributed by atoms with Crippen LogP contribution in [0.15, 0.2) is 53.4 Å². The van der Waals surface area contributed by atoms with Crippen molar-refractivity contribution in [3.05, 3.63) is 59.9 Å². The lowest BCUT2D eigenvalue weighted by atomic mass is 10.1. The molecule has 2 fully saturated rings. The maximum absolute atomic E-state index is 14.0. The molecule has 0 atom stereocenters. The maximum Gasteiger partial charge on any atom is 0.243 e. The molecule has 0 aliphatic carbocycles. The molecule has 0 bridgehead atoms. The van der Waals surface area contributed by atoms with E-state index in [9.17, 15) is 17.6 Å². The number of anilines is 1. The molecule has 0 spiro atoms. The van der Waals surface area contributed by atoms with E-state index in [-0.39, 0.29) is 11.7 Å². The number of rotatable bonds is 6. The smallest absolute Gasteiger partial charge is 0.243 e. The second-order valence-electron chi connectivity index (χ2n) is 8.43. The minimum absolute atomic E-state index is 0.0724. The summed E-state index contributed by atoms with van der Waals surface area (Å²) >= 11 is 0. The molecular weight excluding hydrogens is 429 g/mol. The molecule has 32 heavy (non-hydrogen) atoms. The molecule has 2 aliphatic heterocycles. The Bertz CT molecular complexity index is 1030. The quantitative estimate of drug-likeness (QED) is 0.665. The second-order valence-corrected chi connectivity index (χ2v) is 10.4. The topological polar surface area (TPSA) is 60.9 Å². The van der Waals surface area contributed by atoms with Crippen LogP contribution in [0, 0.1) is 5.82 Å². The molecule has 2 saturated heterocycles. The number of hydrogen-bond donors (Lipinski definition) is 0. The van der Waals surface area contributed by atoms with Gasteiger partial charge in [0.15, 0.2) is 0 Å². The molecule has 0 radical (unpaired) electrons. The molecular formula is C24H30FN3O3S. The van der Waals surface area contributed by atoms with Crippen LogP contribution in [0.2, 0.25) is 0 Å². The van der Waals surface area contributed by atoms with Crippen molar-refractivity contribution in [1.82, 2.24) is 9.21 Å². The average Bonchev–Trinajstić information content (AvgIpc) is 2.84. The van der Waals surface area contributed by atoms with Crippen molar-refractivity contribution in [1.29, 1.82) is 0 Å². The molecule has 1 amide bonds. The van der Waals surface area contributed by atoms with E-state index < -0.39 is 10.0 Å². The number of piperazine rings is 1. The summed E-state index contributed by atoms with van der Waals surface area (Å²) in [6.07, 6.45) is 3.84. The third kappa shape index (κ3) is 5.13. The molecule has 0 N–H and O–H groups in total. The van der Waals surface area contributed by atoms with Crippen molar-refractivity contribution < 1.29 is 17.6 Å². The Kier molecular flexibility index (Phi) is 7.10. The Labute approximate surface area is 189 Å². The van der Waals surface area contributed by atoms with Crippen LogP contribution in [0.3, 0.4) is 0 Å². The largest absolute Gasteiger partial charge is 0.366 e. The van der Waals surface area contributed by atoms with Crippen molar-refractivity contribution in [3.63, 3.8) is 0 Å². The Balaban J connectivity index is 1.28. The molecule has 2 aliphatic rings. The maximum atomic E-state index is 14.0. The zero-order valence-corrected chi connectivity index (χ0v) is 19.1. The highest BCUT2D eigenvalue weighted by Gasteiger charge is 2.26. The van der Waals surface area contributed by atoms with Crippen molar-refractivity contribution in [2.24, 2.45) is 0 Å². The number of piperidine rings is 1. The highest BCUT2D eigenvalue weighted by Crippen LogP contribution is 2.22. The fourth-order valence-corrected chi connectivity index (χ4v) is 5.91. The van der Waals surface area contributed by atoms with Crippen LogP contribution >= 0.6 is 0 Å². The molecule has 4 rings (SSSR count). The van der Waals surface area contributed by atoms with Gasteiger partial charge in [0, 0.05) is 45.7 Å². The molecule has 2 aromatic carbocycles. The fourth-order valence-electron chi connectivity index (χ4n) is 4.40. The summed E-state index contributed by atoms with van der Waals surface area (Å²) in [6, 6.07) is 13.6. The number of hydrogen-bond acceptors (Lipinski definition) is 4. The lowest BCUT2D eigenvalue weighted by molar-refractivity contribution is -0.131. The van der Waals surface area contributed by atoms with Gasteiger partial charge in [-0.05, 0) is 49.1 Å². The van der Waals surface area contributed by atoms with E-state index in [0.717, 1.165) is 24.8 Å². The highest BCUT2D eigenvalue weighted by atomic mass is 32.2. The van der Waals surface area contributed by atoms with Crippen LogP contribution in [0.5, 0.6) is 0 Å². The molecule has 0 saturated carbocycles. The third-order valence-corrected chi connectivity index (χ3v) is 8.24. The van der Waals surface area contributed by atoms with Gasteiger partial charge in [-0.15, -0.1) is 0 Å². The van der Waals surface area contributed by atoms with Crippen molar-refractivity contribution in [2.45, 2.75) is 37.0 Å². The minimum Gasteiger partial charge on any atom is -0.366 e. The van der Waals surface area contributed by atoms with Gasteiger partial charge in [-0.2, -0.15) is 4.31 Å². The van der Waals surface area contributed by atoms with E-state index >= 15 is 0 Å². The van der Waals surface area contributed by atoms with Crippen molar-refractivity contribution >= 4 is 21.6 Å². The first-order valence-corrected chi connectivity index (χ1v) is 12.8. The van der Waals surface area contributed by atoms with Gasteiger partial charge in [-0.25, -0.2) is 12.8 Å². The van der Waals surface area contributed by atoms with Crippen LogP contribution < -0.4 is 4.90 Å². The molecule has 0 unspecified atom stereocenters. The van der Waals surface area contributed by atoms with E-state index in [2.05, 4.69) is 0 Å². The summed E-state index contributed by atoms with van der Waals surface area (Å²) in [5, 5.41) is 0. The summed E-state index contributed by atoms with van der Waals surface area (Å²) in [5.74, 6) is -0.166. The van der Waals surface area contributed by atoms with Gasteiger partial charge >= 0.3 is 0 Å². The summed E-state index contributed by atoms with van der Waals surface area (Å²) in [7, 11) is -3.43. The number of carbonyl (C=O) groups excluding carboxylic acids is 1. The molecule has 2 heterocycles. The predicted octanol–water partition coefficient (Wildman–Crippen LogP) is 3.28.